The van der Waals surface area contributed by atoms with Crippen LogP contribution in [0.3, 0.4) is 0 Å². The summed E-state index contributed by atoms with van der Waals surface area (Å²) >= 11 is 0. The van der Waals surface area contributed by atoms with Crippen molar-refractivity contribution in [1.29, 1.82) is 0 Å². The number of Topliss-reactive ketones (excluding diaryl/α,β-unsaturated/α-hetero) is 1. The number of methoxy groups -OCH3 is 2. The van der Waals surface area contributed by atoms with E-state index in [4.69, 9.17) is 15.2 Å². The lowest BCUT2D eigenvalue weighted by molar-refractivity contribution is -0.115. The van der Waals surface area contributed by atoms with Crippen molar-refractivity contribution in [3.05, 3.63) is 72.3 Å². The van der Waals surface area contributed by atoms with E-state index >= 15 is 0 Å². The number of hydrogen-bond acceptors (Lipinski definition) is 7. The van der Waals surface area contributed by atoms with Crippen molar-refractivity contribution in [2.24, 2.45) is 0 Å². The van der Waals surface area contributed by atoms with Gasteiger partial charge in [0, 0.05) is 30.9 Å². The van der Waals surface area contributed by atoms with Gasteiger partial charge in [-0.3, -0.25) is 14.4 Å². The Labute approximate surface area is 204 Å². The Balaban J connectivity index is 0.000000269. The maximum Gasteiger partial charge on any atom is 0.221 e. The van der Waals surface area contributed by atoms with Gasteiger partial charge in [-0.05, 0) is 73.7 Å². The second kappa shape index (κ2) is 14.6. The van der Waals surface area contributed by atoms with Crippen molar-refractivity contribution in [2.45, 2.75) is 20.8 Å². The first-order valence-corrected chi connectivity index (χ1v) is 10.5. The molecule has 9 heteroatoms. The van der Waals surface area contributed by atoms with Crippen LogP contribution in [0.25, 0.3) is 0 Å². The quantitative estimate of drug-likeness (QED) is 0.239. The van der Waals surface area contributed by atoms with Crippen molar-refractivity contribution in [1.82, 2.24) is 0 Å². The minimum Gasteiger partial charge on any atom is -0.507 e. The molecule has 0 aromatic heterocycles. The first-order valence-electron chi connectivity index (χ1n) is 10.5. The van der Waals surface area contributed by atoms with Gasteiger partial charge in [-0.25, -0.2) is 0 Å². The van der Waals surface area contributed by atoms with E-state index in [0.717, 1.165) is 22.9 Å². The average Bonchev–Trinajstić information content (AvgIpc) is 2.81. The maximum absolute atomic E-state index is 11.0. The van der Waals surface area contributed by atoms with E-state index in [0.29, 0.717) is 5.69 Å². The van der Waals surface area contributed by atoms with Crippen LogP contribution < -0.4 is 25.8 Å². The zero-order valence-corrected chi connectivity index (χ0v) is 20.4. The molecule has 3 aromatic rings. The van der Waals surface area contributed by atoms with Crippen molar-refractivity contribution in [3.63, 3.8) is 0 Å². The number of ether oxygens (including phenoxy) is 2. The third-order valence-electron chi connectivity index (χ3n) is 4.22. The number of phenolic OH excluding ortho intramolecular Hbond substituents is 1. The van der Waals surface area contributed by atoms with Crippen molar-refractivity contribution < 1.29 is 29.0 Å². The summed E-state index contributed by atoms with van der Waals surface area (Å²) in [5.41, 5.74) is 7.67. The molecule has 9 nitrogen and oxygen atoms in total. The zero-order chi connectivity index (χ0) is 26.4. The van der Waals surface area contributed by atoms with Gasteiger partial charge in [-0.1, -0.05) is 0 Å². The molecular formula is C26H31N3O6. The van der Waals surface area contributed by atoms with Gasteiger partial charge in [-0.2, -0.15) is 0 Å². The summed E-state index contributed by atoms with van der Waals surface area (Å²) < 4.78 is 9.88. The summed E-state index contributed by atoms with van der Waals surface area (Å²) in [6.45, 7) is 4.21. The molecule has 0 aliphatic heterocycles. The molecule has 2 amide bonds. The molecule has 186 valence electrons. The van der Waals surface area contributed by atoms with Gasteiger partial charge in [0.05, 0.1) is 19.8 Å². The lowest BCUT2D eigenvalue weighted by Gasteiger charge is -2.05. The van der Waals surface area contributed by atoms with Crippen LogP contribution in [-0.4, -0.2) is 36.9 Å². The lowest BCUT2D eigenvalue weighted by Crippen LogP contribution is -2.06. The number of carbonyl (C=O) groups is 3. The summed E-state index contributed by atoms with van der Waals surface area (Å²) in [4.78, 5) is 32.4. The van der Waals surface area contributed by atoms with E-state index in [1.54, 1.807) is 50.6 Å². The van der Waals surface area contributed by atoms with E-state index in [2.05, 4.69) is 10.6 Å². The number of anilines is 3. The molecule has 0 spiro atoms. The number of nitrogen functional groups attached to an aromatic ring is 1. The number of rotatable bonds is 5. The van der Waals surface area contributed by atoms with Crippen LogP contribution in [0.2, 0.25) is 0 Å². The van der Waals surface area contributed by atoms with Crippen LogP contribution in [0.5, 0.6) is 17.2 Å². The van der Waals surface area contributed by atoms with Crippen LogP contribution in [0, 0.1) is 0 Å². The highest BCUT2D eigenvalue weighted by molar-refractivity contribution is 5.99. The Morgan fingerprint density at radius 1 is 0.714 bits per heavy atom. The molecule has 3 aromatic carbocycles. The Morgan fingerprint density at radius 3 is 1.57 bits per heavy atom. The Morgan fingerprint density at radius 2 is 1.14 bits per heavy atom. The molecular weight excluding hydrogens is 450 g/mol. The van der Waals surface area contributed by atoms with E-state index in [1.165, 1.54) is 39.0 Å². The van der Waals surface area contributed by atoms with Gasteiger partial charge in [0.2, 0.25) is 11.8 Å². The smallest absolute Gasteiger partial charge is 0.221 e. The Hall–Kier alpha value is -4.53. The molecule has 0 atom stereocenters. The number of nitrogens with one attached hydrogen (secondary N) is 2. The molecule has 0 radical (unpaired) electrons. The number of phenols is 1. The first-order chi connectivity index (χ1) is 16.5. The van der Waals surface area contributed by atoms with Crippen LogP contribution in [0.1, 0.15) is 31.1 Å². The average molecular weight is 482 g/mol. The van der Waals surface area contributed by atoms with Gasteiger partial charge < -0.3 is 30.9 Å². The van der Waals surface area contributed by atoms with Crippen molar-refractivity contribution in [2.75, 3.05) is 30.6 Å². The number of aromatic hydroxyl groups is 1. The van der Waals surface area contributed by atoms with E-state index in [1.807, 2.05) is 12.1 Å². The molecule has 0 heterocycles. The molecule has 0 aliphatic rings. The largest absolute Gasteiger partial charge is 0.507 e. The van der Waals surface area contributed by atoms with Gasteiger partial charge in [0.15, 0.2) is 5.78 Å². The van der Waals surface area contributed by atoms with Gasteiger partial charge in [0.25, 0.3) is 0 Å². The number of amides is 2. The number of carbonyl (C=O) groups excluding carboxylic acids is 3. The molecule has 0 saturated heterocycles. The second-order valence-corrected chi connectivity index (χ2v) is 7.15. The normalized spacial score (nSPS) is 9.29. The Bertz CT molecular complexity index is 1110. The third-order valence-corrected chi connectivity index (χ3v) is 4.22. The molecule has 5 N–H and O–H groups in total. The predicted molar refractivity (Wildman–Crippen MR) is 137 cm³/mol. The van der Waals surface area contributed by atoms with Crippen LogP contribution in [0.4, 0.5) is 17.1 Å². The van der Waals surface area contributed by atoms with Crippen LogP contribution in [-0.2, 0) is 9.59 Å². The maximum atomic E-state index is 11.0. The molecule has 3 rings (SSSR count). The number of benzene rings is 3. The minimum absolute atomic E-state index is 0.0693. The first kappa shape index (κ1) is 28.5. The minimum atomic E-state index is -0.241. The van der Waals surface area contributed by atoms with Crippen molar-refractivity contribution >= 4 is 34.7 Å². The summed E-state index contributed by atoms with van der Waals surface area (Å²) in [6.07, 6.45) is 0. The predicted octanol–water partition coefficient (Wildman–Crippen LogP) is 4.48. The molecule has 35 heavy (non-hydrogen) atoms. The standard InChI is InChI=1S/C10H11NO3.C9H11NO2.C7H9NO/c1-6(12)9-5-8(11-7(2)13)3-4-10(9)14;1-7(11)10-8-3-5-9(12-2)6-4-8;1-9-7-4-2-6(8)3-5-7/h3-5,14H,1-2H3,(H,11,13);3-6H,1-2H3,(H,10,11);2-5H,8H2,1H3. The summed E-state index contributed by atoms with van der Waals surface area (Å²) in [6, 6.07) is 18.8. The summed E-state index contributed by atoms with van der Waals surface area (Å²) in [5.74, 6) is 1.01. The zero-order valence-electron chi connectivity index (χ0n) is 20.4. The van der Waals surface area contributed by atoms with Crippen molar-refractivity contribution in [3.8, 4) is 17.2 Å². The fraction of sp³-hybridized carbons (Fsp3) is 0.192. The molecule has 0 bridgehead atoms. The SMILES string of the molecule is CC(=O)Nc1ccc(O)c(C(C)=O)c1.COc1ccc(N)cc1.COc1ccc(NC(C)=O)cc1. The number of hydrogen-bond donors (Lipinski definition) is 4. The van der Waals surface area contributed by atoms with Gasteiger partial charge in [0.1, 0.15) is 17.2 Å². The molecule has 0 fully saturated rings. The number of nitrogens with two attached hydrogens (primary N) is 1. The summed E-state index contributed by atoms with van der Waals surface area (Å²) in [5, 5.41) is 14.5. The van der Waals surface area contributed by atoms with E-state index in [-0.39, 0.29) is 28.9 Å². The van der Waals surface area contributed by atoms with Crippen LogP contribution in [0.15, 0.2) is 66.7 Å². The third kappa shape index (κ3) is 11.2. The van der Waals surface area contributed by atoms with Gasteiger partial charge in [-0.15, -0.1) is 0 Å². The van der Waals surface area contributed by atoms with E-state index < -0.39 is 0 Å². The lowest BCUT2D eigenvalue weighted by atomic mass is 10.1. The topological polar surface area (TPSA) is 140 Å². The second-order valence-electron chi connectivity index (χ2n) is 7.15. The molecule has 0 unspecified atom stereocenters. The highest BCUT2D eigenvalue weighted by Crippen LogP contribution is 2.21. The van der Waals surface area contributed by atoms with E-state index in [9.17, 15) is 19.5 Å². The van der Waals surface area contributed by atoms with Gasteiger partial charge >= 0.3 is 0 Å². The highest BCUT2D eigenvalue weighted by atomic mass is 16.5. The molecule has 0 saturated carbocycles. The summed E-state index contributed by atoms with van der Waals surface area (Å²) in [7, 11) is 3.24. The Kier molecular flexibility index (Phi) is 11.9. The molecule has 0 aliphatic carbocycles. The number of ketones is 1. The fourth-order valence-corrected chi connectivity index (χ4v) is 2.58. The van der Waals surface area contributed by atoms with Crippen LogP contribution >= 0.6 is 0 Å². The monoisotopic (exact) mass is 481 g/mol. The fourth-order valence-electron chi connectivity index (χ4n) is 2.58. The highest BCUT2D eigenvalue weighted by Gasteiger charge is 2.07.